The first-order valence-corrected chi connectivity index (χ1v) is 20.2. The van der Waals surface area contributed by atoms with E-state index in [9.17, 15) is 14.7 Å². The van der Waals surface area contributed by atoms with Crippen molar-refractivity contribution < 1.29 is 24.2 Å². The van der Waals surface area contributed by atoms with Gasteiger partial charge in [-0.25, -0.2) is 0 Å². The summed E-state index contributed by atoms with van der Waals surface area (Å²) in [7, 11) is 4.07. The molecule has 0 saturated heterocycles. The third-order valence-electron chi connectivity index (χ3n) is 8.22. The molecular formula is C39H74N2O5S. The lowest BCUT2D eigenvalue weighted by Crippen LogP contribution is -2.30. The van der Waals surface area contributed by atoms with Crippen molar-refractivity contribution in [3.63, 3.8) is 0 Å². The van der Waals surface area contributed by atoms with Gasteiger partial charge in [-0.3, -0.25) is 9.59 Å². The van der Waals surface area contributed by atoms with Crippen LogP contribution in [-0.4, -0.2) is 85.1 Å². The average molecular weight is 683 g/mol. The van der Waals surface area contributed by atoms with E-state index in [2.05, 4.69) is 30.9 Å². The normalized spacial score (nSPS) is 12.5. The molecule has 0 bridgehead atoms. The number of rotatable bonds is 34. The van der Waals surface area contributed by atoms with Crippen molar-refractivity contribution in [2.45, 2.75) is 161 Å². The van der Waals surface area contributed by atoms with Crippen molar-refractivity contribution in [1.82, 2.24) is 9.80 Å². The topological polar surface area (TPSA) is 79.3 Å². The fourth-order valence-corrected chi connectivity index (χ4v) is 6.16. The fraction of sp³-hybridized carbons (Fsp3) is 0.846. The van der Waals surface area contributed by atoms with Gasteiger partial charge >= 0.3 is 5.97 Å². The molecule has 0 fully saturated rings. The summed E-state index contributed by atoms with van der Waals surface area (Å²) in [6, 6.07) is 0. The van der Waals surface area contributed by atoms with Crippen LogP contribution in [-0.2, 0) is 14.3 Å². The van der Waals surface area contributed by atoms with Crippen molar-refractivity contribution in [3.05, 3.63) is 24.3 Å². The van der Waals surface area contributed by atoms with Gasteiger partial charge in [-0.1, -0.05) is 127 Å². The van der Waals surface area contributed by atoms with Gasteiger partial charge < -0.3 is 24.4 Å². The highest BCUT2D eigenvalue weighted by Gasteiger charge is 2.14. The summed E-state index contributed by atoms with van der Waals surface area (Å²) in [4.78, 5) is 29.1. The molecule has 7 nitrogen and oxygen atoms in total. The van der Waals surface area contributed by atoms with Gasteiger partial charge in [-0.05, 0) is 71.9 Å². The molecule has 1 N–H and O–H groups in total. The Labute approximate surface area is 294 Å². The van der Waals surface area contributed by atoms with Crippen LogP contribution in [0.2, 0.25) is 0 Å². The number of thioether (sulfide) groups is 1. The summed E-state index contributed by atoms with van der Waals surface area (Å²) < 4.78 is 10.8. The Morgan fingerprint density at radius 2 is 1.19 bits per heavy atom. The van der Waals surface area contributed by atoms with E-state index in [1.54, 1.807) is 0 Å². The van der Waals surface area contributed by atoms with Crippen molar-refractivity contribution in [3.8, 4) is 0 Å². The van der Waals surface area contributed by atoms with E-state index in [0.29, 0.717) is 26.1 Å². The Morgan fingerprint density at radius 1 is 0.660 bits per heavy atom. The van der Waals surface area contributed by atoms with Crippen LogP contribution in [0.5, 0.6) is 0 Å². The predicted octanol–water partition coefficient (Wildman–Crippen LogP) is 10.3. The summed E-state index contributed by atoms with van der Waals surface area (Å²) in [6.45, 7) is 7.82. The molecule has 0 spiro atoms. The molecule has 8 heteroatoms. The third-order valence-corrected chi connectivity index (χ3v) is 9.11. The molecule has 0 aliphatic heterocycles. The van der Waals surface area contributed by atoms with Crippen molar-refractivity contribution in [2.75, 3.05) is 52.7 Å². The van der Waals surface area contributed by atoms with E-state index in [0.717, 1.165) is 102 Å². The molecule has 0 aliphatic rings. The van der Waals surface area contributed by atoms with Crippen LogP contribution in [0.1, 0.15) is 155 Å². The van der Waals surface area contributed by atoms with Crippen LogP contribution >= 0.6 is 11.8 Å². The second-order valence-electron chi connectivity index (χ2n) is 13.1. The second kappa shape index (κ2) is 35.9. The predicted molar refractivity (Wildman–Crippen MR) is 202 cm³/mol. The van der Waals surface area contributed by atoms with E-state index < -0.39 is 6.29 Å². The number of unbranched alkanes of at least 4 members (excludes halogenated alkanes) is 16. The Balaban J connectivity index is 4.07. The zero-order chi connectivity index (χ0) is 34.6. The Morgan fingerprint density at radius 3 is 1.79 bits per heavy atom. The quantitative estimate of drug-likeness (QED) is 0.0313. The molecule has 0 aromatic heterocycles. The molecule has 1 atom stereocenters. The first-order valence-electron chi connectivity index (χ1n) is 19.2. The minimum Gasteiger partial charge on any atom is -0.461 e. The standard InChI is InChI=1S/C39H74N2O5S/c1-5-7-9-11-13-21-27-34-45-37(42)29-23-17-15-19-25-31-41(39(44)47-36-33-40(3)4)32-26-20-16-18-24-30-38(43)46-35-28-22-14-12-10-8-6-2/h21-22,27-28,37,42H,5-20,23-26,29-36H2,1-4H3/b27-21-,28-22-. The summed E-state index contributed by atoms with van der Waals surface area (Å²) in [6.07, 6.45) is 31.3. The highest BCUT2D eigenvalue weighted by molar-refractivity contribution is 8.13. The maximum Gasteiger partial charge on any atom is 0.306 e. The molecule has 0 rings (SSSR count). The summed E-state index contributed by atoms with van der Waals surface area (Å²) in [5.41, 5.74) is 0. The number of amides is 1. The van der Waals surface area contributed by atoms with Gasteiger partial charge in [-0.2, -0.15) is 0 Å². The zero-order valence-electron chi connectivity index (χ0n) is 31.1. The number of aliphatic hydroxyl groups excluding tert-OH is 1. The fourth-order valence-electron chi connectivity index (χ4n) is 5.17. The van der Waals surface area contributed by atoms with Gasteiger partial charge in [0.05, 0.1) is 6.61 Å². The number of hydrogen-bond acceptors (Lipinski definition) is 7. The lowest BCUT2D eigenvalue weighted by atomic mass is 10.1. The summed E-state index contributed by atoms with van der Waals surface area (Å²) in [5, 5.41) is 10.3. The van der Waals surface area contributed by atoms with Crippen molar-refractivity contribution in [2.24, 2.45) is 0 Å². The molecule has 0 aromatic carbocycles. The monoisotopic (exact) mass is 683 g/mol. The molecule has 1 unspecified atom stereocenters. The van der Waals surface area contributed by atoms with Gasteiger partial charge in [0.2, 0.25) is 0 Å². The number of nitrogens with zero attached hydrogens (tertiary/aromatic N) is 2. The van der Waals surface area contributed by atoms with Gasteiger partial charge in [-0.15, -0.1) is 0 Å². The maximum absolute atomic E-state index is 12.9. The molecule has 0 aliphatic carbocycles. The molecule has 0 saturated carbocycles. The number of allylic oxidation sites excluding steroid dienone is 2. The van der Waals surface area contributed by atoms with Gasteiger partial charge in [0.25, 0.3) is 5.24 Å². The number of carbonyl (C=O) groups is 2. The highest BCUT2D eigenvalue weighted by atomic mass is 32.2. The van der Waals surface area contributed by atoms with Gasteiger partial charge in [0, 0.05) is 31.8 Å². The van der Waals surface area contributed by atoms with Crippen molar-refractivity contribution in [1.29, 1.82) is 0 Å². The number of ether oxygens (including phenoxy) is 2. The second-order valence-corrected chi connectivity index (χ2v) is 14.1. The number of hydrogen-bond donors (Lipinski definition) is 1. The summed E-state index contributed by atoms with van der Waals surface area (Å²) in [5.74, 6) is 0.708. The number of aliphatic hydroxyl groups is 1. The maximum atomic E-state index is 12.9. The minimum atomic E-state index is -0.682. The molecule has 276 valence electrons. The first-order chi connectivity index (χ1) is 22.9. The third kappa shape index (κ3) is 34.3. The molecule has 0 heterocycles. The van der Waals surface area contributed by atoms with Crippen LogP contribution in [0.15, 0.2) is 24.3 Å². The number of esters is 1. The molecule has 1 amide bonds. The van der Waals surface area contributed by atoms with Crippen LogP contribution < -0.4 is 0 Å². The lowest BCUT2D eigenvalue weighted by Gasteiger charge is -2.22. The number of carbonyl (C=O) groups excluding carboxylic acids is 2. The van der Waals surface area contributed by atoms with Crippen LogP contribution in [0.25, 0.3) is 0 Å². The van der Waals surface area contributed by atoms with E-state index in [1.807, 2.05) is 31.1 Å². The van der Waals surface area contributed by atoms with Crippen molar-refractivity contribution >= 4 is 23.0 Å². The largest absolute Gasteiger partial charge is 0.461 e. The van der Waals surface area contributed by atoms with E-state index in [1.165, 1.54) is 63.1 Å². The highest BCUT2D eigenvalue weighted by Crippen LogP contribution is 2.15. The van der Waals surface area contributed by atoms with E-state index >= 15 is 0 Å². The Hall–Kier alpha value is -1.35. The smallest absolute Gasteiger partial charge is 0.306 e. The lowest BCUT2D eigenvalue weighted by molar-refractivity contribution is -0.142. The minimum absolute atomic E-state index is 0.104. The van der Waals surface area contributed by atoms with Crippen LogP contribution in [0, 0.1) is 0 Å². The van der Waals surface area contributed by atoms with Crippen LogP contribution in [0.4, 0.5) is 4.79 Å². The van der Waals surface area contributed by atoms with Gasteiger partial charge in [0.15, 0.2) is 6.29 Å². The zero-order valence-corrected chi connectivity index (χ0v) is 31.9. The Bertz CT molecular complexity index is 762. The molecule has 47 heavy (non-hydrogen) atoms. The molecule has 0 aromatic rings. The Kier molecular flexibility index (Phi) is 34.9. The average Bonchev–Trinajstić information content (AvgIpc) is 3.05. The van der Waals surface area contributed by atoms with E-state index in [-0.39, 0.29) is 11.2 Å². The first kappa shape index (κ1) is 45.6. The SMILES string of the molecule is CCCCCC/C=C\COC(=O)CCCCCCCN(CCCCCCCC(O)OC/C=C\CCCCCC)C(=O)SCCN(C)C. The van der Waals surface area contributed by atoms with E-state index in [4.69, 9.17) is 9.47 Å². The summed E-state index contributed by atoms with van der Waals surface area (Å²) >= 11 is 1.43. The molecule has 0 radical (unpaired) electrons. The molecular weight excluding hydrogens is 609 g/mol. The van der Waals surface area contributed by atoms with Gasteiger partial charge in [0.1, 0.15) is 6.61 Å². The van der Waals surface area contributed by atoms with Crippen LogP contribution in [0.3, 0.4) is 0 Å².